The van der Waals surface area contributed by atoms with Gasteiger partial charge in [-0.15, -0.1) is 0 Å². The lowest BCUT2D eigenvalue weighted by Crippen LogP contribution is -2.29. The van der Waals surface area contributed by atoms with Gasteiger partial charge in [0.25, 0.3) is 11.7 Å². The van der Waals surface area contributed by atoms with E-state index in [-0.39, 0.29) is 24.2 Å². The standard InChI is InChI=1S/C29H27NO8/c1-16(2)38-20-9-5-17(6-10-20)27(31)25-26(18-7-11-21(34-3)23(13-18)35-4)30(29(33)28(25)32)19-8-12-22-24(14-19)37-15-36-22/h5-14,16,26,31H,15H2,1-4H3/b27-25+. The topological polar surface area (TPSA) is 104 Å². The van der Waals surface area contributed by atoms with E-state index in [1.807, 2.05) is 13.8 Å². The van der Waals surface area contributed by atoms with Gasteiger partial charge in [-0.25, -0.2) is 0 Å². The van der Waals surface area contributed by atoms with Gasteiger partial charge in [0, 0.05) is 17.3 Å². The fourth-order valence-corrected chi connectivity index (χ4v) is 4.59. The number of hydrogen-bond acceptors (Lipinski definition) is 8. The minimum Gasteiger partial charge on any atom is -0.507 e. The van der Waals surface area contributed by atoms with Gasteiger partial charge < -0.3 is 28.8 Å². The van der Waals surface area contributed by atoms with Crippen molar-refractivity contribution in [1.29, 1.82) is 0 Å². The summed E-state index contributed by atoms with van der Waals surface area (Å²) in [6.07, 6.45) is -0.0217. The van der Waals surface area contributed by atoms with E-state index < -0.39 is 17.7 Å². The van der Waals surface area contributed by atoms with E-state index in [4.69, 9.17) is 23.7 Å². The Bertz CT molecular complexity index is 1430. The molecule has 0 aromatic heterocycles. The fourth-order valence-electron chi connectivity index (χ4n) is 4.59. The van der Waals surface area contributed by atoms with Crippen LogP contribution in [0.1, 0.15) is 31.0 Å². The summed E-state index contributed by atoms with van der Waals surface area (Å²) in [4.78, 5) is 28.3. The van der Waals surface area contributed by atoms with Crippen molar-refractivity contribution in [2.45, 2.75) is 26.0 Å². The van der Waals surface area contributed by atoms with Gasteiger partial charge in [0.05, 0.1) is 31.9 Å². The fraction of sp³-hybridized carbons (Fsp3) is 0.241. The molecule has 1 atom stereocenters. The molecule has 2 aliphatic rings. The van der Waals surface area contributed by atoms with Gasteiger partial charge in [-0.3, -0.25) is 14.5 Å². The van der Waals surface area contributed by atoms with Crippen molar-refractivity contribution in [2.24, 2.45) is 0 Å². The number of carbonyl (C=O) groups is 2. The lowest BCUT2D eigenvalue weighted by atomic mass is 9.94. The van der Waals surface area contributed by atoms with E-state index >= 15 is 0 Å². The van der Waals surface area contributed by atoms with Crippen LogP contribution in [0.2, 0.25) is 0 Å². The van der Waals surface area contributed by atoms with Gasteiger partial charge >= 0.3 is 0 Å². The number of fused-ring (bicyclic) bond motifs is 1. The Hall–Kier alpha value is -4.66. The highest BCUT2D eigenvalue weighted by molar-refractivity contribution is 6.51. The Balaban J connectivity index is 1.67. The van der Waals surface area contributed by atoms with Crippen LogP contribution >= 0.6 is 0 Å². The van der Waals surface area contributed by atoms with Crippen LogP contribution in [0.5, 0.6) is 28.7 Å². The van der Waals surface area contributed by atoms with Gasteiger partial charge in [-0.1, -0.05) is 6.07 Å². The number of ether oxygens (including phenoxy) is 5. The maximum atomic E-state index is 13.5. The third-order valence-corrected chi connectivity index (χ3v) is 6.30. The van der Waals surface area contributed by atoms with Crippen LogP contribution in [0.4, 0.5) is 5.69 Å². The van der Waals surface area contributed by atoms with Gasteiger partial charge in [0.2, 0.25) is 6.79 Å². The average molecular weight is 518 g/mol. The number of methoxy groups -OCH3 is 2. The minimum atomic E-state index is -0.957. The Morgan fingerprint density at radius 2 is 1.63 bits per heavy atom. The quantitative estimate of drug-likeness (QED) is 0.270. The zero-order valence-corrected chi connectivity index (χ0v) is 21.4. The molecule has 3 aromatic carbocycles. The Kier molecular flexibility index (Phi) is 6.59. The number of aliphatic hydroxyl groups excluding tert-OH is 1. The number of aliphatic hydroxyl groups is 1. The second-order valence-corrected chi connectivity index (χ2v) is 9.01. The first kappa shape index (κ1) is 25.0. The molecule has 5 rings (SSSR count). The number of anilines is 1. The molecule has 0 bridgehead atoms. The molecule has 9 nitrogen and oxygen atoms in total. The summed E-state index contributed by atoms with van der Waals surface area (Å²) in [5, 5.41) is 11.4. The number of ketones is 1. The second-order valence-electron chi connectivity index (χ2n) is 9.01. The lowest BCUT2D eigenvalue weighted by molar-refractivity contribution is -0.132. The van der Waals surface area contributed by atoms with Crippen molar-refractivity contribution >= 4 is 23.1 Å². The first-order chi connectivity index (χ1) is 18.3. The van der Waals surface area contributed by atoms with Crippen molar-refractivity contribution in [1.82, 2.24) is 0 Å². The van der Waals surface area contributed by atoms with Crippen LogP contribution < -0.4 is 28.6 Å². The number of nitrogens with zero attached hydrogens (tertiary/aromatic N) is 1. The summed E-state index contributed by atoms with van der Waals surface area (Å²) in [5.41, 5.74) is 1.27. The summed E-state index contributed by atoms with van der Waals surface area (Å²) in [5.74, 6) is 0.602. The third-order valence-electron chi connectivity index (χ3n) is 6.30. The molecule has 3 aromatic rings. The molecule has 196 valence electrons. The van der Waals surface area contributed by atoms with E-state index in [0.717, 1.165) is 0 Å². The molecule has 1 unspecified atom stereocenters. The molecule has 0 radical (unpaired) electrons. The third kappa shape index (κ3) is 4.36. The van der Waals surface area contributed by atoms with Crippen molar-refractivity contribution < 1.29 is 38.4 Å². The van der Waals surface area contributed by atoms with E-state index in [1.165, 1.54) is 19.1 Å². The van der Waals surface area contributed by atoms with Crippen LogP contribution in [-0.2, 0) is 9.59 Å². The smallest absolute Gasteiger partial charge is 0.300 e. The number of amides is 1. The van der Waals surface area contributed by atoms with Crippen LogP contribution in [0.25, 0.3) is 5.76 Å². The molecule has 1 N–H and O–H groups in total. The molecular formula is C29H27NO8. The van der Waals surface area contributed by atoms with Gasteiger partial charge in [-0.2, -0.15) is 0 Å². The van der Waals surface area contributed by atoms with Crippen LogP contribution in [-0.4, -0.2) is 43.9 Å². The van der Waals surface area contributed by atoms with Gasteiger partial charge in [0.15, 0.2) is 23.0 Å². The number of Topliss-reactive ketones (excluding diaryl/α,β-unsaturated/α-hetero) is 1. The SMILES string of the molecule is COc1ccc(C2/C(=C(\O)c3ccc(OC(C)C)cc3)C(=O)C(=O)N2c2ccc3c(c2)OCO3)cc1OC. The second kappa shape index (κ2) is 10.0. The maximum absolute atomic E-state index is 13.5. The maximum Gasteiger partial charge on any atom is 0.300 e. The minimum absolute atomic E-state index is 0.0217. The highest BCUT2D eigenvalue weighted by Crippen LogP contribution is 2.46. The normalized spacial score (nSPS) is 17.7. The summed E-state index contributed by atoms with van der Waals surface area (Å²) < 4.78 is 27.4. The summed E-state index contributed by atoms with van der Waals surface area (Å²) >= 11 is 0. The van der Waals surface area contributed by atoms with E-state index in [9.17, 15) is 14.7 Å². The van der Waals surface area contributed by atoms with Crippen LogP contribution in [0, 0.1) is 0 Å². The molecule has 2 aliphatic heterocycles. The van der Waals surface area contributed by atoms with Gasteiger partial charge in [0.1, 0.15) is 11.5 Å². The zero-order chi connectivity index (χ0) is 27.0. The van der Waals surface area contributed by atoms with Crippen molar-refractivity contribution in [3.8, 4) is 28.7 Å². The molecule has 1 amide bonds. The Morgan fingerprint density at radius 1 is 0.921 bits per heavy atom. The highest BCUT2D eigenvalue weighted by atomic mass is 16.7. The molecule has 0 saturated carbocycles. The van der Waals surface area contributed by atoms with Crippen molar-refractivity contribution in [2.75, 3.05) is 25.9 Å². The monoisotopic (exact) mass is 517 g/mol. The number of rotatable bonds is 7. The molecular weight excluding hydrogens is 490 g/mol. The summed E-state index contributed by atoms with van der Waals surface area (Å²) in [7, 11) is 3.01. The van der Waals surface area contributed by atoms with E-state index in [1.54, 1.807) is 60.7 Å². The predicted octanol–water partition coefficient (Wildman–Crippen LogP) is 4.85. The first-order valence-corrected chi connectivity index (χ1v) is 12.0. The Labute approximate surface area is 219 Å². The summed E-state index contributed by atoms with van der Waals surface area (Å²) in [6, 6.07) is 15.8. The summed E-state index contributed by atoms with van der Waals surface area (Å²) in [6.45, 7) is 3.89. The molecule has 2 heterocycles. The molecule has 9 heteroatoms. The first-order valence-electron chi connectivity index (χ1n) is 12.0. The predicted molar refractivity (Wildman–Crippen MR) is 139 cm³/mol. The average Bonchev–Trinajstić information content (AvgIpc) is 3.49. The zero-order valence-electron chi connectivity index (χ0n) is 21.4. The lowest BCUT2D eigenvalue weighted by Gasteiger charge is -2.26. The van der Waals surface area contributed by atoms with E-state index in [0.29, 0.717) is 45.6 Å². The molecule has 38 heavy (non-hydrogen) atoms. The van der Waals surface area contributed by atoms with Crippen LogP contribution in [0.15, 0.2) is 66.2 Å². The molecule has 1 fully saturated rings. The number of benzene rings is 3. The Morgan fingerprint density at radius 3 is 2.32 bits per heavy atom. The van der Waals surface area contributed by atoms with E-state index in [2.05, 4.69) is 0 Å². The molecule has 0 spiro atoms. The highest BCUT2D eigenvalue weighted by Gasteiger charge is 2.47. The van der Waals surface area contributed by atoms with Crippen molar-refractivity contribution in [3.05, 3.63) is 77.4 Å². The molecule has 0 aliphatic carbocycles. The van der Waals surface area contributed by atoms with Crippen molar-refractivity contribution in [3.63, 3.8) is 0 Å². The molecule has 1 saturated heterocycles. The van der Waals surface area contributed by atoms with Gasteiger partial charge in [-0.05, 0) is 67.9 Å². The van der Waals surface area contributed by atoms with Crippen LogP contribution in [0.3, 0.4) is 0 Å². The number of hydrogen-bond donors (Lipinski definition) is 1. The largest absolute Gasteiger partial charge is 0.507 e. The number of carbonyl (C=O) groups excluding carboxylic acids is 2.